The number of carbonyl (C=O) groups excluding carboxylic acids is 1. The number of anilines is 1. The highest BCUT2D eigenvalue weighted by atomic mass is 79.9. The Morgan fingerprint density at radius 2 is 2.29 bits per heavy atom. The average molecular weight is 356 g/mol. The molecule has 0 spiro atoms. The van der Waals surface area contributed by atoms with Crippen molar-refractivity contribution in [2.75, 3.05) is 18.4 Å². The van der Waals surface area contributed by atoms with Gasteiger partial charge in [-0.3, -0.25) is 19.8 Å². The number of hydrogen-bond acceptors (Lipinski definition) is 4. The second-order valence-electron chi connectivity index (χ2n) is 5.28. The van der Waals surface area contributed by atoms with E-state index in [-0.39, 0.29) is 11.6 Å². The van der Waals surface area contributed by atoms with Gasteiger partial charge in [0.25, 0.3) is 5.69 Å². The molecular weight excluding hydrogens is 338 g/mol. The van der Waals surface area contributed by atoms with Crippen LogP contribution in [-0.2, 0) is 4.79 Å². The third-order valence-corrected chi connectivity index (χ3v) is 4.38. The summed E-state index contributed by atoms with van der Waals surface area (Å²) >= 11 is 3.25. The molecule has 0 bridgehead atoms. The Labute approximate surface area is 131 Å². The number of non-ortho nitro benzene ring substituents is 1. The van der Waals surface area contributed by atoms with Crippen LogP contribution in [0.3, 0.4) is 0 Å². The first-order valence-electron chi connectivity index (χ1n) is 6.95. The van der Waals surface area contributed by atoms with E-state index in [4.69, 9.17) is 0 Å². The molecule has 21 heavy (non-hydrogen) atoms. The molecular formula is C14H18BrN3O3. The first-order chi connectivity index (χ1) is 9.97. The van der Waals surface area contributed by atoms with Gasteiger partial charge in [-0.05, 0) is 48.3 Å². The highest BCUT2D eigenvalue weighted by Gasteiger charge is 2.21. The number of amides is 1. The molecule has 1 unspecified atom stereocenters. The number of piperidine rings is 1. The minimum Gasteiger partial charge on any atom is -0.324 e. The molecule has 1 atom stereocenters. The molecule has 0 saturated carbocycles. The fraction of sp³-hybridized carbons (Fsp3) is 0.500. The van der Waals surface area contributed by atoms with Gasteiger partial charge in [-0.2, -0.15) is 0 Å². The third kappa shape index (κ3) is 4.25. The quantitative estimate of drug-likeness (QED) is 0.664. The summed E-state index contributed by atoms with van der Waals surface area (Å²) in [5, 5.41) is 13.5. The molecule has 1 aromatic carbocycles. The molecule has 2 rings (SSSR count). The smallest absolute Gasteiger partial charge is 0.270 e. The van der Waals surface area contributed by atoms with Crippen LogP contribution in [0.1, 0.15) is 26.2 Å². The summed E-state index contributed by atoms with van der Waals surface area (Å²) in [4.78, 5) is 24.5. The SMILES string of the molecule is CC1CCCCN1CC(=O)Nc1ccc([N+](=O)[O-])cc1Br. The van der Waals surface area contributed by atoms with E-state index in [9.17, 15) is 14.9 Å². The molecule has 0 radical (unpaired) electrons. The van der Waals surface area contributed by atoms with Crippen LogP contribution in [0.5, 0.6) is 0 Å². The predicted octanol–water partition coefficient (Wildman–Crippen LogP) is 3.17. The normalized spacial score (nSPS) is 19.2. The van der Waals surface area contributed by atoms with Gasteiger partial charge in [-0.15, -0.1) is 0 Å². The molecule has 114 valence electrons. The second kappa shape index (κ2) is 7.00. The van der Waals surface area contributed by atoms with E-state index < -0.39 is 4.92 Å². The zero-order valence-electron chi connectivity index (χ0n) is 11.8. The van der Waals surface area contributed by atoms with Gasteiger partial charge in [0, 0.05) is 22.6 Å². The Balaban J connectivity index is 1.97. The molecule has 6 nitrogen and oxygen atoms in total. The Kier molecular flexibility index (Phi) is 5.30. The summed E-state index contributed by atoms with van der Waals surface area (Å²) in [7, 11) is 0. The van der Waals surface area contributed by atoms with Gasteiger partial charge >= 0.3 is 0 Å². The highest BCUT2D eigenvalue weighted by Crippen LogP contribution is 2.27. The van der Waals surface area contributed by atoms with Crippen LogP contribution in [0, 0.1) is 10.1 Å². The molecule has 1 heterocycles. The summed E-state index contributed by atoms with van der Waals surface area (Å²) in [6, 6.07) is 4.73. The van der Waals surface area contributed by atoms with Crippen LogP contribution >= 0.6 is 15.9 Å². The van der Waals surface area contributed by atoms with Crippen molar-refractivity contribution >= 4 is 33.2 Å². The Bertz CT molecular complexity index is 550. The number of nitrogens with zero attached hydrogens (tertiary/aromatic N) is 2. The van der Waals surface area contributed by atoms with Crippen molar-refractivity contribution in [3.63, 3.8) is 0 Å². The fourth-order valence-corrected chi connectivity index (χ4v) is 2.95. The van der Waals surface area contributed by atoms with Crippen LogP contribution in [0.2, 0.25) is 0 Å². The second-order valence-corrected chi connectivity index (χ2v) is 6.14. The van der Waals surface area contributed by atoms with Gasteiger partial charge in [0.15, 0.2) is 0 Å². The van der Waals surface area contributed by atoms with Gasteiger partial charge < -0.3 is 5.32 Å². The van der Waals surface area contributed by atoms with Gasteiger partial charge in [0.05, 0.1) is 17.2 Å². The zero-order chi connectivity index (χ0) is 15.4. The summed E-state index contributed by atoms with van der Waals surface area (Å²) in [5.74, 6) is -0.0988. The molecule has 1 amide bonds. The van der Waals surface area contributed by atoms with Crippen molar-refractivity contribution in [3.8, 4) is 0 Å². The first-order valence-corrected chi connectivity index (χ1v) is 7.74. The third-order valence-electron chi connectivity index (χ3n) is 3.72. The van der Waals surface area contributed by atoms with Crippen molar-refractivity contribution in [2.45, 2.75) is 32.2 Å². The number of benzene rings is 1. The van der Waals surface area contributed by atoms with Crippen LogP contribution in [0.25, 0.3) is 0 Å². The lowest BCUT2D eigenvalue weighted by Crippen LogP contribution is -2.42. The maximum atomic E-state index is 12.1. The number of nitro benzene ring substituents is 1. The molecule has 1 fully saturated rings. The number of nitro groups is 1. The van der Waals surface area contributed by atoms with Crippen molar-refractivity contribution in [2.24, 2.45) is 0 Å². The van der Waals surface area contributed by atoms with Crippen molar-refractivity contribution in [3.05, 3.63) is 32.8 Å². The number of halogens is 1. The van der Waals surface area contributed by atoms with Crippen LogP contribution in [0.4, 0.5) is 11.4 Å². The van der Waals surface area contributed by atoms with Crippen LogP contribution < -0.4 is 5.32 Å². The number of carbonyl (C=O) groups is 1. The number of rotatable bonds is 4. The maximum Gasteiger partial charge on any atom is 0.270 e. The number of nitrogens with one attached hydrogen (secondary N) is 1. The monoisotopic (exact) mass is 355 g/mol. The van der Waals surface area contributed by atoms with Gasteiger partial charge in [0.1, 0.15) is 0 Å². The van der Waals surface area contributed by atoms with E-state index in [1.165, 1.54) is 18.6 Å². The zero-order valence-corrected chi connectivity index (χ0v) is 13.4. The van der Waals surface area contributed by atoms with Gasteiger partial charge in [0.2, 0.25) is 5.91 Å². The largest absolute Gasteiger partial charge is 0.324 e. The van der Waals surface area contributed by atoms with E-state index in [1.54, 1.807) is 6.07 Å². The lowest BCUT2D eigenvalue weighted by Gasteiger charge is -2.32. The molecule has 1 saturated heterocycles. The van der Waals surface area contributed by atoms with Crippen molar-refractivity contribution < 1.29 is 9.72 Å². The highest BCUT2D eigenvalue weighted by molar-refractivity contribution is 9.10. The Hall–Kier alpha value is -1.47. The van der Waals surface area contributed by atoms with E-state index in [2.05, 4.69) is 33.1 Å². The average Bonchev–Trinajstić information content (AvgIpc) is 2.43. The molecule has 1 aromatic rings. The van der Waals surface area contributed by atoms with E-state index >= 15 is 0 Å². The molecule has 1 N–H and O–H groups in total. The minimum absolute atomic E-state index is 0.00970. The summed E-state index contributed by atoms with van der Waals surface area (Å²) in [6.07, 6.45) is 3.46. The molecule has 7 heteroatoms. The van der Waals surface area contributed by atoms with Crippen molar-refractivity contribution in [1.29, 1.82) is 0 Å². The maximum absolute atomic E-state index is 12.1. The van der Waals surface area contributed by atoms with Crippen LogP contribution in [0.15, 0.2) is 22.7 Å². The van der Waals surface area contributed by atoms with Crippen LogP contribution in [-0.4, -0.2) is 34.9 Å². The van der Waals surface area contributed by atoms with E-state index in [1.807, 2.05) is 0 Å². The molecule has 0 aromatic heterocycles. The lowest BCUT2D eigenvalue weighted by molar-refractivity contribution is -0.384. The first kappa shape index (κ1) is 15.9. The Morgan fingerprint density at radius 3 is 2.90 bits per heavy atom. The number of likely N-dealkylation sites (tertiary alicyclic amines) is 1. The van der Waals surface area contributed by atoms with Crippen molar-refractivity contribution in [1.82, 2.24) is 4.90 Å². The molecule has 1 aliphatic rings. The predicted molar refractivity (Wildman–Crippen MR) is 84.3 cm³/mol. The van der Waals surface area contributed by atoms with Gasteiger partial charge in [-0.25, -0.2) is 0 Å². The topological polar surface area (TPSA) is 75.5 Å². The van der Waals surface area contributed by atoms with E-state index in [0.29, 0.717) is 22.7 Å². The van der Waals surface area contributed by atoms with Gasteiger partial charge in [-0.1, -0.05) is 6.42 Å². The summed E-state index contributed by atoms with van der Waals surface area (Å²) < 4.78 is 0.511. The number of hydrogen-bond donors (Lipinski definition) is 1. The molecule has 0 aliphatic carbocycles. The summed E-state index contributed by atoms with van der Waals surface area (Å²) in [6.45, 7) is 3.43. The Morgan fingerprint density at radius 1 is 1.52 bits per heavy atom. The lowest BCUT2D eigenvalue weighted by atomic mass is 10.0. The fourth-order valence-electron chi connectivity index (χ4n) is 2.49. The standard InChI is InChI=1S/C14H18BrN3O3/c1-10-4-2-3-7-17(10)9-14(19)16-13-6-5-11(18(20)21)8-12(13)15/h5-6,8,10H,2-4,7,9H2,1H3,(H,16,19). The molecule has 1 aliphatic heterocycles. The minimum atomic E-state index is -0.466. The van der Waals surface area contributed by atoms with E-state index in [0.717, 1.165) is 19.4 Å². The summed E-state index contributed by atoms with van der Waals surface area (Å²) in [5.41, 5.74) is 0.541.